The molecule has 3 heterocycles. The number of phenols is 1. The van der Waals surface area contributed by atoms with Gasteiger partial charge in [0.25, 0.3) is 5.91 Å². The highest BCUT2D eigenvalue weighted by molar-refractivity contribution is 7.92. The van der Waals surface area contributed by atoms with Crippen molar-refractivity contribution >= 4 is 27.9 Å². The van der Waals surface area contributed by atoms with Crippen molar-refractivity contribution in [1.82, 2.24) is 14.9 Å². The average molecular weight is 515 g/mol. The van der Waals surface area contributed by atoms with Crippen LogP contribution in [0.2, 0.25) is 0 Å². The molecular weight excluding hydrogens is 483 g/mol. The molecule has 3 N–H and O–H groups in total. The summed E-state index contributed by atoms with van der Waals surface area (Å²) in [5, 5.41) is 13.7. The van der Waals surface area contributed by atoms with E-state index in [4.69, 9.17) is 9.47 Å². The predicted molar refractivity (Wildman–Crippen MR) is 124 cm³/mol. The van der Waals surface area contributed by atoms with Crippen LogP contribution in [0.5, 0.6) is 11.5 Å². The number of fused-ring (bicyclic) bond motifs is 1. The number of carbonyl (C=O) groups excluding carboxylic acids is 2. The molecule has 0 bridgehead atoms. The number of hydrogen-bond donors (Lipinski definition) is 3. The number of aromatic hydroxyl groups is 1. The third-order valence-corrected chi connectivity index (χ3v) is 7.58. The van der Waals surface area contributed by atoms with Crippen LogP contribution in [0.25, 0.3) is 0 Å². The maximum absolute atomic E-state index is 15.4. The quantitative estimate of drug-likeness (QED) is 0.546. The van der Waals surface area contributed by atoms with Crippen LogP contribution in [0.15, 0.2) is 6.07 Å². The summed E-state index contributed by atoms with van der Waals surface area (Å²) < 4.78 is 53.1. The van der Waals surface area contributed by atoms with Crippen LogP contribution in [0.3, 0.4) is 0 Å². The van der Waals surface area contributed by atoms with E-state index in [0.717, 1.165) is 12.8 Å². The largest absolute Gasteiger partial charge is 0.505 e. The lowest BCUT2D eigenvalue weighted by Crippen LogP contribution is -2.46. The number of halogens is 1. The second kappa shape index (κ2) is 9.34. The van der Waals surface area contributed by atoms with Gasteiger partial charge in [-0.05, 0) is 52.5 Å². The number of hydrogen-bond acceptors (Lipinski definition) is 8. The molecule has 35 heavy (non-hydrogen) atoms. The monoisotopic (exact) mass is 514 g/mol. The van der Waals surface area contributed by atoms with Crippen molar-refractivity contribution in [3.63, 3.8) is 0 Å². The summed E-state index contributed by atoms with van der Waals surface area (Å²) in [6.07, 6.45) is 1.51. The van der Waals surface area contributed by atoms with Crippen molar-refractivity contribution in [2.45, 2.75) is 51.7 Å². The second-order valence-corrected chi connectivity index (χ2v) is 11.7. The van der Waals surface area contributed by atoms with Crippen molar-refractivity contribution in [1.29, 1.82) is 0 Å². The Hall–Kier alpha value is -2.80. The van der Waals surface area contributed by atoms with Crippen molar-refractivity contribution < 1.29 is 37.0 Å². The first-order valence-corrected chi connectivity index (χ1v) is 13.0. The Bertz CT molecular complexity index is 1110. The van der Waals surface area contributed by atoms with E-state index in [1.807, 2.05) is 20.8 Å². The summed E-state index contributed by atoms with van der Waals surface area (Å²) in [4.78, 5) is 25.5. The van der Waals surface area contributed by atoms with E-state index in [9.17, 15) is 23.1 Å². The number of likely N-dealkylation sites (tertiary alicyclic amines) is 1. The molecule has 1 atom stereocenters. The number of carbonyl (C=O) groups is 2. The average Bonchev–Trinajstić information content (AvgIpc) is 3.03. The van der Waals surface area contributed by atoms with Crippen LogP contribution >= 0.6 is 0 Å². The standard InChI is InChI=1S/C22H31FN4O7S/c1-22(2,3)34-21(30)26-6-4-13(5-7-26)10-24-14-8-15-17(33-12-14)9-16(28)20(19(15)23)27-11-18(29)25-35(27,31)32/h9,13-14,24,28H,4-8,10-12H2,1-3H3,(H,25,29)/t14-/m0/s1. The second-order valence-electron chi connectivity index (χ2n) is 10.1. The third-order valence-electron chi connectivity index (χ3n) is 6.20. The first kappa shape index (κ1) is 25.3. The molecule has 0 spiro atoms. The van der Waals surface area contributed by atoms with Gasteiger partial charge in [0.05, 0.1) is 0 Å². The van der Waals surface area contributed by atoms with Gasteiger partial charge in [-0.3, -0.25) is 4.79 Å². The number of nitrogens with one attached hydrogen (secondary N) is 2. The van der Waals surface area contributed by atoms with Crippen molar-refractivity contribution in [3.05, 3.63) is 17.4 Å². The van der Waals surface area contributed by atoms with E-state index in [1.54, 1.807) is 9.62 Å². The summed E-state index contributed by atoms with van der Waals surface area (Å²) in [5.74, 6) is -1.90. The Morgan fingerprint density at radius 1 is 1.34 bits per heavy atom. The van der Waals surface area contributed by atoms with Crippen molar-refractivity contribution in [2.75, 3.05) is 37.1 Å². The van der Waals surface area contributed by atoms with Gasteiger partial charge in [-0.1, -0.05) is 0 Å². The number of piperidine rings is 1. The Morgan fingerprint density at radius 2 is 2.03 bits per heavy atom. The normalized spacial score (nSPS) is 22.4. The first-order valence-electron chi connectivity index (χ1n) is 11.6. The number of benzene rings is 1. The molecule has 0 saturated carbocycles. The lowest BCUT2D eigenvalue weighted by Gasteiger charge is -2.34. The minimum Gasteiger partial charge on any atom is -0.505 e. The summed E-state index contributed by atoms with van der Waals surface area (Å²) in [6, 6.07) is 0.947. The Morgan fingerprint density at radius 3 is 2.63 bits per heavy atom. The van der Waals surface area contributed by atoms with E-state index in [2.05, 4.69) is 5.32 Å². The topological polar surface area (TPSA) is 138 Å². The van der Waals surface area contributed by atoms with Crippen LogP contribution < -0.4 is 19.1 Å². The minimum absolute atomic E-state index is 0.135. The fourth-order valence-corrected chi connectivity index (χ4v) is 5.62. The third kappa shape index (κ3) is 5.56. The number of amides is 2. The molecule has 0 aromatic heterocycles. The fourth-order valence-electron chi connectivity index (χ4n) is 4.45. The number of rotatable bonds is 4. The van der Waals surface area contributed by atoms with Crippen molar-refractivity contribution in [2.24, 2.45) is 5.92 Å². The van der Waals surface area contributed by atoms with Crippen LogP contribution in [-0.4, -0.2) is 74.9 Å². The van der Waals surface area contributed by atoms with Gasteiger partial charge in [-0.2, -0.15) is 8.42 Å². The van der Waals surface area contributed by atoms with E-state index in [0.29, 0.717) is 29.9 Å². The zero-order valence-corrected chi connectivity index (χ0v) is 20.8. The molecule has 3 aliphatic rings. The highest BCUT2D eigenvalue weighted by atomic mass is 32.2. The molecule has 194 valence electrons. The van der Waals surface area contributed by atoms with Gasteiger partial charge in [0, 0.05) is 30.8 Å². The molecule has 0 unspecified atom stereocenters. The molecule has 3 aliphatic heterocycles. The molecule has 0 radical (unpaired) electrons. The molecule has 11 nitrogen and oxygen atoms in total. The highest BCUT2D eigenvalue weighted by Gasteiger charge is 2.39. The Balaban J connectivity index is 1.36. The molecule has 0 aliphatic carbocycles. The summed E-state index contributed by atoms with van der Waals surface area (Å²) in [6.45, 7) is 6.98. The zero-order chi connectivity index (χ0) is 25.5. The van der Waals surface area contributed by atoms with Gasteiger partial charge in [-0.25, -0.2) is 18.2 Å². The van der Waals surface area contributed by atoms with Crippen LogP contribution in [0.4, 0.5) is 14.9 Å². The van der Waals surface area contributed by atoms with Gasteiger partial charge in [0.1, 0.15) is 35.9 Å². The van der Waals surface area contributed by atoms with Gasteiger partial charge >= 0.3 is 16.3 Å². The van der Waals surface area contributed by atoms with E-state index >= 15 is 4.39 Å². The SMILES string of the molecule is CC(C)(C)OC(=O)N1CCC(CN[C@@H]2COc3cc(O)c(N4CC(=O)NS4(=O)=O)c(F)c3C2)CC1. The minimum atomic E-state index is -4.28. The molecule has 1 aromatic carbocycles. The smallest absolute Gasteiger partial charge is 0.410 e. The Kier molecular flexibility index (Phi) is 6.75. The fraction of sp³-hybridized carbons (Fsp3) is 0.636. The van der Waals surface area contributed by atoms with Gasteiger partial charge in [-0.15, -0.1) is 0 Å². The summed E-state index contributed by atoms with van der Waals surface area (Å²) >= 11 is 0. The zero-order valence-electron chi connectivity index (χ0n) is 20.0. The number of nitrogens with zero attached hydrogens (tertiary/aromatic N) is 2. The van der Waals surface area contributed by atoms with Crippen LogP contribution in [0, 0.1) is 11.7 Å². The maximum atomic E-state index is 15.4. The number of anilines is 1. The predicted octanol–water partition coefficient (Wildman–Crippen LogP) is 1.25. The molecule has 2 fully saturated rings. The first-order chi connectivity index (χ1) is 16.3. The molecule has 2 amide bonds. The van der Waals surface area contributed by atoms with Crippen LogP contribution in [-0.2, 0) is 26.2 Å². The number of phenolic OH excluding ortho intramolecular Hbond substituents is 1. The van der Waals surface area contributed by atoms with E-state index in [-0.39, 0.29) is 36.5 Å². The van der Waals surface area contributed by atoms with Crippen molar-refractivity contribution in [3.8, 4) is 11.5 Å². The van der Waals surface area contributed by atoms with Gasteiger partial charge in [0.2, 0.25) is 0 Å². The maximum Gasteiger partial charge on any atom is 0.410 e. The molecule has 4 rings (SSSR count). The lowest BCUT2D eigenvalue weighted by atomic mass is 9.95. The van der Waals surface area contributed by atoms with Gasteiger partial charge in [0.15, 0.2) is 5.82 Å². The van der Waals surface area contributed by atoms with E-state index < -0.39 is 45.5 Å². The summed E-state index contributed by atoms with van der Waals surface area (Å²) in [7, 11) is -4.28. The molecule has 13 heteroatoms. The van der Waals surface area contributed by atoms with E-state index in [1.165, 1.54) is 6.07 Å². The molecule has 1 aromatic rings. The molecular formula is C22H31FN4O7S. The highest BCUT2D eigenvalue weighted by Crippen LogP contribution is 2.41. The molecule has 2 saturated heterocycles. The Labute approximate surface area is 203 Å². The summed E-state index contributed by atoms with van der Waals surface area (Å²) in [5.41, 5.74) is -0.972. The number of ether oxygens (including phenoxy) is 2. The van der Waals surface area contributed by atoms with Gasteiger partial charge < -0.3 is 24.8 Å². The lowest BCUT2D eigenvalue weighted by molar-refractivity contribution is -0.117. The van der Waals surface area contributed by atoms with Crippen LogP contribution in [0.1, 0.15) is 39.2 Å².